The molecule has 0 aliphatic carbocycles. The summed E-state index contributed by atoms with van der Waals surface area (Å²) in [5.74, 6) is 1.22. The molecule has 0 spiro atoms. The van der Waals surface area contributed by atoms with Crippen LogP contribution in [0, 0.1) is 27.7 Å². The van der Waals surface area contributed by atoms with Crippen LogP contribution >= 0.6 is 0 Å². The van der Waals surface area contributed by atoms with E-state index in [0.717, 1.165) is 60.8 Å². The highest BCUT2D eigenvalue weighted by atomic mass is 16.4. The first-order valence-electron chi connectivity index (χ1n) is 17.3. The molecule has 0 atom stereocenters. The molecule has 7 aromatic carbocycles. The number of nitrogens with zero attached hydrogens (tertiary/aromatic N) is 3. The molecule has 3 heterocycles. The molecule has 5 nitrogen and oxygen atoms in total. The second kappa shape index (κ2) is 11.0. The van der Waals surface area contributed by atoms with E-state index in [9.17, 15) is 0 Å². The van der Waals surface area contributed by atoms with Crippen molar-refractivity contribution in [2.24, 2.45) is 0 Å². The Morgan fingerprint density at radius 2 is 0.922 bits per heavy atom. The molecule has 0 unspecified atom stereocenters. The maximum absolute atomic E-state index is 6.33. The van der Waals surface area contributed by atoms with Gasteiger partial charge in [-0.3, -0.25) is 0 Å². The Balaban J connectivity index is 1.14. The summed E-state index contributed by atoms with van der Waals surface area (Å²) < 4.78 is 15.0. The second-order valence-corrected chi connectivity index (χ2v) is 13.8. The van der Waals surface area contributed by atoms with Crippen LogP contribution in [0.25, 0.3) is 94.5 Å². The monoisotopic (exact) mass is 659 g/mol. The number of fused-ring (bicyclic) bond motifs is 6. The molecule has 51 heavy (non-hydrogen) atoms. The molecule has 0 aliphatic rings. The van der Waals surface area contributed by atoms with E-state index in [0.29, 0.717) is 11.8 Å². The molecule has 244 valence electrons. The summed E-state index contributed by atoms with van der Waals surface area (Å²) in [6.07, 6.45) is 0. The Morgan fingerprint density at radius 3 is 1.49 bits per heavy atom. The van der Waals surface area contributed by atoms with E-state index >= 15 is 0 Å². The van der Waals surface area contributed by atoms with Gasteiger partial charge < -0.3 is 13.4 Å². The lowest BCUT2D eigenvalue weighted by Gasteiger charge is -2.10. The Hall–Kier alpha value is -6.46. The largest absolute Gasteiger partial charge is 0.436 e. The van der Waals surface area contributed by atoms with Crippen molar-refractivity contribution in [2.45, 2.75) is 27.7 Å². The molecule has 5 heteroatoms. The highest BCUT2D eigenvalue weighted by molar-refractivity contribution is 6.11. The van der Waals surface area contributed by atoms with E-state index in [-0.39, 0.29) is 0 Å². The molecule has 3 aromatic heterocycles. The van der Waals surface area contributed by atoms with E-state index in [1.165, 1.54) is 44.2 Å². The quantitative estimate of drug-likeness (QED) is 0.189. The molecule has 0 saturated heterocycles. The Kier molecular flexibility index (Phi) is 6.37. The van der Waals surface area contributed by atoms with Crippen LogP contribution in [0.4, 0.5) is 0 Å². The van der Waals surface area contributed by atoms with Crippen LogP contribution in [0.3, 0.4) is 0 Å². The first kappa shape index (κ1) is 29.5. The van der Waals surface area contributed by atoms with Crippen LogP contribution in [0.15, 0.2) is 136 Å². The first-order chi connectivity index (χ1) is 24.9. The minimum Gasteiger partial charge on any atom is -0.436 e. The SMILES string of the molecule is Cc1cc2nc(-c3ccc4c(c3)c3cc(-c5nc6cc(C)c(C)cc6o5)ccc3n4-c3ccc(-c4ccc5ccccc5c4)cc3)oc2cc1C. The summed E-state index contributed by atoms with van der Waals surface area (Å²) in [7, 11) is 0. The third-order valence-corrected chi connectivity index (χ3v) is 10.5. The maximum Gasteiger partial charge on any atom is 0.227 e. The lowest BCUT2D eigenvalue weighted by atomic mass is 10.0. The number of oxazole rings is 2. The minimum absolute atomic E-state index is 0.610. The van der Waals surface area contributed by atoms with Crippen molar-refractivity contribution in [3.05, 3.63) is 150 Å². The molecule has 0 N–H and O–H groups in total. The van der Waals surface area contributed by atoms with Gasteiger partial charge in [-0.1, -0.05) is 48.5 Å². The smallest absolute Gasteiger partial charge is 0.227 e. The van der Waals surface area contributed by atoms with Crippen molar-refractivity contribution >= 4 is 54.8 Å². The molecule has 0 radical (unpaired) electrons. The van der Waals surface area contributed by atoms with Crippen molar-refractivity contribution in [2.75, 3.05) is 0 Å². The standard InChI is InChI=1S/C46H33N3O2/c1-26-19-39-43(21-28(26)3)50-45(47-39)34-13-17-41-37(24-34)38-25-35(46-48-40-20-27(2)29(4)22-44(40)51-46)14-18-42(38)49(41)36-15-11-31(12-16-36)33-10-9-30-7-5-6-8-32(30)23-33/h5-25H,1-4H3. The molecule has 0 bridgehead atoms. The minimum atomic E-state index is 0.610. The number of hydrogen-bond acceptors (Lipinski definition) is 4. The highest BCUT2D eigenvalue weighted by Gasteiger charge is 2.18. The Morgan fingerprint density at radius 1 is 0.431 bits per heavy atom. The van der Waals surface area contributed by atoms with Crippen LogP contribution in [0.5, 0.6) is 0 Å². The predicted octanol–water partition coefficient (Wildman–Crippen LogP) is 12.5. The number of aromatic nitrogens is 3. The van der Waals surface area contributed by atoms with E-state index in [2.05, 4.69) is 160 Å². The molecule has 0 amide bonds. The second-order valence-electron chi connectivity index (χ2n) is 13.8. The lowest BCUT2D eigenvalue weighted by molar-refractivity contribution is 0.619. The van der Waals surface area contributed by atoms with E-state index in [4.69, 9.17) is 18.8 Å². The zero-order chi connectivity index (χ0) is 34.4. The van der Waals surface area contributed by atoms with Gasteiger partial charge in [-0.05, 0) is 151 Å². The normalized spacial score (nSPS) is 11.9. The fourth-order valence-electron chi connectivity index (χ4n) is 7.35. The zero-order valence-corrected chi connectivity index (χ0v) is 28.8. The Bertz CT molecular complexity index is 2790. The Labute approximate surface area is 294 Å². The number of hydrogen-bond donors (Lipinski definition) is 0. The summed E-state index contributed by atoms with van der Waals surface area (Å²) in [6.45, 7) is 8.41. The number of benzene rings is 7. The third kappa shape index (κ3) is 4.77. The molecule has 10 rings (SSSR count). The van der Waals surface area contributed by atoms with Crippen LogP contribution in [-0.4, -0.2) is 14.5 Å². The van der Waals surface area contributed by atoms with Crippen LogP contribution in [-0.2, 0) is 0 Å². The summed E-state index contributed by atoms with van der Waals surface area (Å²) >= 11 is 0. The molecule has 0 fully saturated rings. The average molecular weight is 660 g/mol. The van der Waals surface area contributed by atoms with Gasteiger partial charge in [0, 0.05) is 27.6 Å². The molecule has 0 saturated carbocycles. The maximum atomic E-state index is 6.33. The van der Waals surface area contributed by atoms with Gasteiger partial charge in [0.2, 0.25) is 11.8 Å². The predicted molar refractivity (Wildman–Crippen MR) is 209 cm³/mol. The van der Waals surface area contributed by atoms with Crippen LogP contribution in [0.2, 0.25) is 0 Å². The van der Waals surface area contributed by atoms with Gasteiger partial charge in [-0.15, -0.1) is 0 Å². The van der Waals surface area contributed by atoms with Gasteiger partial charge in [0.15, 0.2) is 11.2 Å². The number of rotatable bonds is 4. The highest BCUT2D eigenvalue weighted by Crippen LogP contribution is 2.39. The molecular formula is C46H33N3O2. The van der Waals surface area contributed by atoms with Crippen molar-refractivity contribution in [1.29, 1.82) is 0 Å². The van der Waals surface area contributed by atoms with Crippen LogP contribution in [0.1, 0.15) is 22.3 Å². The fraction of sp³-hybridized carbons (Fsp3) is 0.0870. The summed E-state index contributed by atoms with van der Waals surface area (Å²) in [5, 5.41) is 4.68. The van der Waals surface area contributed by atoms with Gasteiger partial charge in [-0.2, -0.15) is 0 Å². The van der Waals surface area contributed by atoms with Crippen molar-refractivity contribution < 1.29 is 8.83 Å². The van der Waals surface area contributed by atoms with E-state index in [1.54, 1.807) is 0 Å². The topological polar surface area (TPSA) is 57.0 Å². The zero-order valence-electron chi connectivity index (χ0n) is 28.8. The van der Waals surface area contributed by atoms with Crippen molar-refractivity contribution in [3.63, 3.8) is 0 Å². The van der Waals surface area contributed by atoms with Crippen molar-refractivity contribution in [1.82, 2.24) is 14.5 Å². The lowest BCUT2D eigenvalue weighted by Crippen LogP contribution is -1.94. The summed E-state index contributed by atoms with van der Waals surface area (Å²) in [5.41, 5.74) is 15.6. The molecule has 10 aromatic rings. The molecule has 0 aliphatic heterocycles. The average Bonchev–Trinajstić information content (AvgIpc) is 3.85. The van der Waals surface area contributed by atoms with Gasteiger partial charge in [-0.25, -0.2) is 9.97 Å². The fourth-order valence-corrected chi connectivity index (χ4v) is 7.35. The number of aryl methyl sites for hydroxylation is 4. The van der Waals surface area contributed by atoms with E-state index in [1.807, 2.05) is 0 Å². The van der Waals surface area contributed by atoms with Crippen molar-refractivity contribution in [3.8, 4) is 39.7 Å². The third-order valence-electron chi connectivity index (χ3n) is 10.5. The van der Waals surface area contributed by atoms with Gasteiger partial charge in [0.25, 0.3) is 0 Å². The van der Waals surface area contributed by atoms with E-state index < -0.39 is 0 Å². The van der Waals surface area contributed by atoms with Gasteiger partial charge in [0.05, 0.1) is 11.0 Å². The summed E-state index contributed by atoms with van der Waals surface area (Å²) in [6, 6.07) is 45.3. The van der Waals surface area contributed by atoms with Gasteiger partial charge >= 0.3 is 0 Å². The van der Waals surface area contributed by atoms with Crippen LogP contribution < -0.4 is 0 Å². The molecular weight excluding hydrogens is 627 g/mol. The first-order valence-corrected chi connectivity index (χ1v) is 17.3. The summed E-state index contributed by atoms with van der Waals surface area (Å²) in [4.78, 5) is 9.80. The van der Waals surface area contributed by atoms with Gasteiger partial charge in [0.1, 0.15) is 11.0 Å².